The second kappa shape index (κ2) is 12.3. The van der Waals surface area contributed by atoms with Crippen molar-refractivity contribution in [3.63, 3.8) is 0 Å². The number of benzene rings is 3. The molecule has 5 heterocycles. The first-order valence-electron chi connectivity index (χ1n) is 16.7. The highest BCUT2D eigenvalue weighted by atomic mass is 19.1. The molecule has 0 atom stereocenters. The lowest BCUT2D eigenvalue weighted by Gasteiger charge is -2.32. The second-order valence-corrected chi connectivity index (χ2v) is 12.9. The number of likely N-dealkylation sites (tertiary alicyclic amines) is 1. The number of aromatic nitrogens is 1. The fraction of sp³-hybridized carbons (Fsp3) is 0.389. The van der Waals surface area contributed by atoms with Gasteiger partial charge in [-0.1, -0.05) is 18.2 Å². The van der Waals surface area contributed by atoms with Crippen LogP contribution in [0.3, 0.4) is 0 Å². The summed E-state index contributed by atoms with van der Waals surface area (Å²) >= 11 is 0. The summed E-state index contributed by atoms with van der Waals surface area (Å²) in [6.07, 6.45) is 4.67. The molecule has 0 saturated carbocycles. The minimum atomic E-state index is -0.597. The van der Waals surface area contributed by atoms with E-state index in [0.717, 1.165) is 75.1 Å². The number of hydrogen-bond donors (Lipinski definition) is 2. The lowest BCUT2D eigenvalue weighted by atomic mass is 10.0. The van der Waals surface area contributed by atoms with Crippen LogP contribution < -0.4 is 20.8 Å². The van der Waals surface area contributed by atoms with Crippen LogP contribution in [0.25, 0.3) is 38.5 Å². The van der Waals surface area contributed by atoms with Gasteiger partial charge in [0.25, 0.3) is 5.91 Å². The Bertz CT molecular complexity index is 2060. The number of furan rings is 1. The second-order valence-electron chi connectivity index (χ2n) is 12.9. The Balaban J connectivity index is 1.17. The molecule has 11 heteroatoms. The molecule has 1 amide bonds. The molecule has 2 aromatic heterocycles. The van der Waals surface area contributed by atoms with Gasteiger partial charge in [-0.2, -0.15) is 0 Å². The number of carbonyl (C=O) groups excluding carboxylic acids is 1. The zero-order valence-corrected chi connectivity index (χ0v) is 26.6. The minimum Gasteiger partial charge on any atom is -0.456 e. The molecule has 8 rings (SSSR count). The highest BCUT2D eigenvalue weighted by Crippen LogP contribution is 2.47. The molecule has 47 heavy (non-hydrogen) atoms. The van der Waals surface area contributed by atoms with Crippen molar-refractivity contribution in [1.82, 2.24) is 24.6 Å². The lowest BCUT2D eigenvalue weighted by Crippen LogP contribution is -2.45. The van der Waals surface area contributed by atoms with Gasteiger partial charge in [0.15, 0.2) is 17.3 Å². The quantitative estimate of drug-likeness (QED) is 0.214. The van der Waals surface area contributed by atoms with Crippen LogP contribution in [0.5, 0.6) is 11.5 Å². The molecule has 2 saturated heterocycles. The monoisotopic (exact) mass is 638 g/mol. The van der Waals surface area contributed by atoms with Gasteiger partial charge in [0.2, 0.25) is 5.43 Å². The third-order valence-corrected chi connectivity index (χ3v) is 9.83. The highest BCUT2D eigenvalue weighted by Gasteiger charge is 2.30. The molecule has 0 radical (unpaired) electrons. The van der Waals surface area contributed by atoms with Crippen molar-refractivity contribution in [3.05, 3.63) is 70.3 Å². The van der Waals surface area contributed by atoms with E-state index in [1.54, 1.807) is 10.8 Å². The highest BCUT2D eigenvalue weighted by molar-refractivity contribution is 6.07. The molecule has 244 valence electrons. The summed E-state index contributed by atoms with van der Waals surface area (Å²) < 4.78 is 30.4. The van der Waals surface area contributed by atoms with Gasteiger partial charge >= 0.3 is 0 Å². The number of likely N-dealkylation sites (N-methyl/N-ethyl adjacent to an activating group) is 1. The van der Waals surface area contributed by atoms with Gasteiger partial charge in [0, 0.05) is 68.8 Å². The van der Waals surface area contributed by atoms with Gasteiger partial charge in [-0.15, -0.1) is 0 Å². The average Bonchev–Trinajstić information content (AvgIpc) is 3.73. The Morgan fingerprint density at radius 1 is 0.894 bits per heavy atom. The van der Waals surface area contributed by atoms with Crippen molar-refractivity contribution in [2.24, 2.45) is 0 Å². The van der Waals surface area contributed by atoms with Gasteiger partial charge in [-0.25, -0.2) is 4.39 Å². The Labute approximate surface area is 271 Å². The van der Waals surface area contributed by atoms with Crippen molar-refractivity contribution in [2.75, 3.05) is 77.8 Å². The largest absolute Gasteiger partial charge is 0.456 e. The van der Waals surface area contributed by atoms with E-state index in [4.69, 9.17) is 9.15 Å². The van der Waals surface area contributed by atoms with Crippen LogP contribution in [-0.2, 0) is 0 Å². The molecular weight excluding hydrogens is 599 g/mol. The maximum atomic E-state index is 15.9. The number of pyridine rings is 1. The molecule has 3 aliphatic rings. The molecule has 0 spiro atoms. The summed E-state index contributed by atoms with van der Waals surface area (Å²) in [6, 6.07) is 12.7. The number of nitrogens with one attached hydrogen (secondary N) is 2. The number of carbonyl (C=O) groups is 1. The third kappa shape index (κ3) is 5.52. The van der Waals surface area contributed by atoms with E-state index in [1.807, 2.05) is 36.4 Å². The molecule has 0 unspecified atom stereocenters. The van der Waals surface area contributed by atoms with Crippen molar-refractivity contribution < 1.29 is 18.3 Å². The number of anilines is 1. The predicted octanol–water partition coefficient (Wildman–Crippen LogP) is 5.01. The third-order valence-electron chi connectivity index (χ3n) is 9.83. The van der Waals surface area contributed by atoms with E-state index >= 15 is 4.39 Å². The van der Waals surface area contributed by atoms with E-state index in [-0.39, 0.29) is 22.4 Å². The first-order valence-corrected chi connectivity index (χ1v) is 16.7. The van der Waals surface area contributed by atoms with Crippen LogP contribution in [0.2, 0.25) is 0 Å². The summed E-state index contributed by atoms with van der Waals surface area (Å²) in [5.41, 5.74) is 2.02. The standard InChI is InChI=1S/C36H39FN6O4/c1-40-15-17-42(18-16-40)13-6-9-39-36(45)26-22-43-28-21-30-24(23-7-2-3-8-29(23)46-30)20-31(28)47-35-32(38-10-14-41-11-4-5-12-41)27(37)19-25(33(35)43)34(26)44/h2-3,7-8,19-22,38H,4-6,9-18H2,1H3,(H,39,45). The van der Waals surface area contributed by atoms with Crippen molar-refractivity contribution in [2.45, 2.75) is 19.3 Å². The molecule has 2 N–H and O–H groups in total. The predicted molar refractivity (Wildman–Crippen MR) is 182 cm³/mol. The van der Waals surface area contributed by atoms with E-state index < -0.39 is 17.2 Å². The number of ether oxygens (including phenoxy) is 1. The smallest absolute Gasteiger partial charge is 0.256 e. The molecule has 0 bridgehead atoms. The number of hydrogen-bond acceptors (Lipinski definition) is 8. The summed E-state index contributed by atoms with van der Waals surface area (Å²) in [5.74, 6) is -0.363. The zero-order chi connectivity index (χ0) is 32.1. The number of piperazine rings is 1. The van der Waals surface area contributed by atoms with Crippen LogP contribution >= 0.6 is 0 Å². The zero-order valence-electron chi connectivity index (χ0n) is 26.6. The maximum Gasteiger partial charge on any atom is 0.256 e. The first-order chi connectivity index (χ1) is 22.9. The SMILES string of the molecule is CN1CCN(CCCNC(=O)c2cn3c4c(c(NCCN5CCCC5)c(F)cc4c2=O)Oc2cc4c(cc2-3)oc2ccccc24)CC1. The number of fused-ring (bicyclic) bond motifs is 5. The Morgan fingerprint density at radius 2 is 1.68 bits per heavy atom. The van der Waals surface area contributed by atoms with Gasteiger partial charge in [-0.3, -0.25) is 9.59 Å². The summed E-state index contributed by atoms with van der Waals surface area (Å²) in [6.45, 7) is 8.74. The van der Waals surface area contributed by atoms with Gasteiger partial charge in [-0.05, 0) is 64.1 Å². The van der Waals surface area contributed by atoms with Gasteiger partial charge in [0.1, 0.15) is 27.9 Å². The van der Waals surface area contributed by atoms with Crippen LogP contribution in [0.15, 0.2) is 57.9 Å². The Hall–Kier alpha value is -4.45. The number of rotatable bonds is 9. The van der Waals surface area contributed by atoms with E-state index in [9.17, 15) is 9.59 Å². The lowest BCUT2D eigenvalue weighted by molar-refractivity contribution is 0.0948. The molecule has 0 aliphatic carbocycles. The molecule has 3 aromatic carbocycles. The number of nitrogens with zero attached hydrogens (tertiary/aromatic N) is 4. The molecule has 2 fully saturated rings. The summed E-state index contributed by atoms with van der Waals surface area (Å²) in [5, 5.41) is 8.08. The summed E-state index contributed by atoms with van der Waals surface area (Å²) in [7, 11) is 2.12. The molecule has 5 aromatic rings. The Morgan fingerprint density at radius 3 is 2.51 bits per heavy atom. The van der Waals surface area contributed by atoms with Crippen LogP contribution in [-0.4, -0.2) is 97.7 Å². The van der Waals surface area contributed by atoms with Crippen LogP contribution in [0, 0.1) is 5.82 Å². The van der Waals surface area contributed by atoms with E-state index in [0.29, 0.717) is 35.6 Å². The van der Waals surface area contributed by atoms with Crippen molar-refractivity contribution in [3.8, 4) is 17.2 Å². The summed E-state index contributed by atoms with van der Waals surface area (Å²) in [4.78, 5) is 34.4. The topological polar surface area (TPSA) is 95.2 Å². The fourth-order valence-electron chi connectivity index (χ4n) is 7.18. The van der Waals surface area contributed by atoms with E-state index in [2.05, 4.69) is 32.4 Å². The van der Waals surface area contributed by atoms with Crippen LogP contribution in [0.1, 0.15) is 29.6 Å². The van der Waals surface area contributed by atoms with Crippen LogP contribution in [0.4, 0.5) is 10.1 Å². The van der Waals surface area contributed by atoms with E-state index in [1.165, 1.54) is 18.9 Å². The number of halogens is 1. The molecule has 10 nitrogen and oxygen atoms in total. The number of amides is 1. The maximum absolute atomic E-state index is 15.9. The normalized spacial score (nSPS) is 17.0. The molecule has 3 aliphatic heterocycles. The Kier molecular flexibility index (Phi) is 7.83. The minimum absolute atomic E-state index is 0.0465. The first kappa shape index (κ1) is 29.9. The van der Waals surface area contributed by atoms with Crippen molar-refractivity contribution >= 4 is 44.4 Å². The van der Waals surface area contributed by atoms with Crippen molar-refractivity contribution in [1.29, 1.82) is 0 Å². The fourth-order valence-corrected chi connectivity index (χ4v) is 7.18. The molecular formula is C36H39FN6O4. The number of para-hydroxylation sites is 1. The average molecular weight is 639 g/mol. The van der Waals surface area contributed by atoms with Gasteiger partial charge < -0.3 is 39.1 Å². The van der Waals surface area contributed by atoms with Gasteiger partial charge in [0.05, 0.1) is 11.1 Å².